The van der Waals surface area contributed by atoms with Gasteiger partial charge < -0.3 is 10.1 Å². The highest BCUT2D eigenvalue weighted by molar-refractivity contribution is 5.85. The Morgan fingerprint density at radius 1 is 1.17 bits per heavy atom. The fraction of sp³-hybridized carbons (Fsp3) is 0.421. The Bertz CT molecular complexity index is 591. The summed E-state index contributed by atoms with van der Waals surface area (Å²) < 4.78 is 6.12. The van der Waals surface area contributed by atoms with Gasteiger partial charge in [0.25, 0.3) is 0 Å². The van der Waals surface area contributed by atoms with Crippen LogP contribution in [-0.2, 0) is 6.42 Å². The second kappa shape index (κ2) is 8.90. The van der Waals surface area contributed by atoms with Crippen LogP contribution >= 0.6 is 12.4 Å². The number of nitrogens with one attached hydrogen (secondary N) is 1. The molecule has 1 aliphatic heterocycles. The number of aryl methyl sites for hydroxylation is 1. The van der Waals surface area contributed by atoms with Crippen molar-refractivity contribution in [2.45, 2.75) is 25.7 Å². The Balaban J connectivity index is 0.00000192. The summed E-state index contributed by atoms with van der Waals surface area (Å²) in [5, 5.41) is 3.50. The number of ether oxygens (including phenoxy) is 1. The van der Waals surface area contributed by atoms with Crippen molar-refractivity contribution in [3.05, 3.63) is 59.9 Å². The third-order valence-electron chi connectivity index (χ3n) is 4.47. The molecule has 1 fully saturated rings. The number of halogens is 1. The van der Waals surface area contributed by atoms with Crippen molar-refractivity contribution >= 4 is 12.4 Å². The molecule has 124 valence electrons. The minimum absolute atomic E-state index is 0. The Morgan fingerprint density at radius 3 is 2.78 bits per heavy atom. The normalized spacial score (nSPS) is 20.6. The first-order valence-corrected chi connectivity index (χ1v) is 8.21. The van der Waals surface area contributed by atoms with E-state index in [0.29, 0.717) is 11.8 Å². The largest absolute Gasteiger partial charge is 0.491 e. The van der Waals surface area contributed by atoms with Crippen molar-refractivity contribution in [2.75, 3.05) is 19.7 Å². The molecule has 3 nitrogen and oxygen atoms in total. The first-order chi connectivity index (χ1) is 10.9. The van der Waals surface area contributed by atoms with Gasteiger partial charge in [0.1, 0.15) is 5.75 Å². The van der Waals surface area contributed by atoms with Crippen molar-refractivity contribution in [2.24, 2.45) is 5.92 Å². The molecule has 1 N–H and O–H groups in total. The van der Waals surface area contributed by atoms with E-state index < -0.39 is 0 Å². The zero-order valence-corrected chi connectivity index (χ0v) is 14.4. The van der Waals surface area contributed by atoms with Crippen LogP contribution in [0.4, 0.5) is 0 Å². The monoisotopic (exact) mass is 332 g/mol. The Hall–Kier alpha value is -1.58. The molecule has 0 radical (unpaired) electrons. The minimum Gasteiger partial charge on any atom is -0.491 e. The smallest absolute Gasteiger partial charge is 0.140 e. The van der Waals surface area contributed by atoms with E-state index in [4.69, 9.17) is 4.74 Å². The summed E-state index contributed by atoms with van der Waals surface area (Å²) in [5.41, 5.74) is 2.47. The van der Waals surface area contributed by atoms with Gasteiger partial charge in [-0.25, -0.2) is 0 Å². The number of hydrogen-bond donors (Lipinski definition) is 1. The number of rotatable bonds is 5. The summed E-state index contributed by atoms with van der Waals surface area (Å²) in [6.07, 6.45) is 3.91. The molecular weight excluding hydrogens is 308 g/mol. The predicted octanol–water partition coefficient (Wildman–Crippen LogP) is 3.84. The highest BCUT2D eigenvalue weighted by atomic mass is 35.5. The van der Waals surface area contributed by atoms with Crippen molar-refractivity contribution in [1.82, 2.24) is 10.3 Å². The van der Waals surface area contributed by atoms with Gasteiger partial charge in [-0.3, -0.25) is 4.98 Å². The lowest BCUT2D eigenvalue weighted by Gasteiger charge is -2.32. The van der Waals surface area contributed by atoms with Gasteiger partial charge in [0.15, 0.2) is 0 Å². The maximum atomic E-state index is 6.12. The zero-order chi connectivity index (χ0) is 15.2. The molecule has 2 aromatic rings. The average molecular weight is 333 g/mol. The Morgan fingerprint density at radius 2 is 2.00 bits per heavy atom. The molecule has 0 spiro atoms. The van der Waals surface area contributed by atoms with Gasteiger partial charge in [0.05, 0.1) is 12.3 Å². The van der Waals surface area contributed by atoms with E-state index in [0.717, 1.165) is 37.6 Å². The van der Waals surface area contributed by atoms with Crippen molar-refractivity contribution in [1.29, 1.82) is 0 Å². The van der Waals surface area contributed by atoms with Gasteiger partial charge in [-0.1, -0.05) is 37.3 Å². The van der Waals surface area contributed by atoms with Gasteiger partial charge in [0, 0.05) is 18.7 Å². The summed E-state index contributed by atoms with van der Waals surface area (Å²) in [6.45, 7) is 4.96. The highest BCUT2D eigenvalue weighted by Gasteiger charge is 2.27. The zero-order valence-electron chi connectivity index (χ0n) is 13.6. The molecule has 2 heterocycles. The number of nitrogens with zero attached hydrogens (tertiary/aromatic N) is 1. The third kappa shape index (κ3) is 4.46. The number of pyridine rings is 1. The fourth-order valence-electron chi connectivity index (χ4n) is 3.25. The average Bonchev–Trinajstić information content (AvgIpc) is 2.61. The quantitative estimate of drug-likeness (QED) is 0.903. The topological polar surface area (TPSA) is 34.1 Å². The number of hydrogen-bond acceptors (Lipinski definition) is 3. The maximum absolute atomic E-state index is 6.12. The van der Waals surface area contributed by atoms with E-state index in [9.17, 15) is 0 Å². The fourth-order valence-corrected chi connectivity index (χ4v) is 3.25. The SMILES string of the molecule is CCc1ncccc1OC[C@@H]1CNCC[C@H]1c1ccccc1.Cl. The molecule has 4 heteroatoms. The number of aromatic nitrogens is 1. The lowest BCUT2D eigenvalue weighted by molar-refractivity contribution is 0.195. The summed E-state index contributed by atoms with van der Waals surface area (Å²) in [6, 6.07) is 14.8. The summed E-state index contributed by atoms with van der Waals surface area (Å²) in [4.78, 5) is 4.40. The van der Waals surface area contributed by atoms with Crippen molar-refractivity contribution in [3.63, 3.8) is 0 Å². The van der Waals surface area contributed by atoms with Crippen LogP contribution in [0.15, 0.2) is 48.7 Å². The van der Waals surface area contributed by atoms with Crippen LogP contribution in [0.5, 0.6) is 5.75 Å². The molecule has 0 amide bonds. The van der Waals surface area contributed by atoms with E-state index in [2.05, 4.69) is 47.6 Å². The number of benzene rings is 1. The molecule has 3 rings (SSSR count). The standard InChI is InChI=1S/C19H24N2O.ClH/c1-2-18-19(9-6-11-21-18)22-14-16-13-20-12-10-17(16)15-7-4-3-5-8-15;/h3-9,11,16-17,20H,2,10,12-14H2,1H3;1H/t16-,17-;/m0./s1. The van der Waals surface area contributed by atoms with E-state index in [1.54, 1.807) is 0 Å². The molecule has 1 aromatic carbocycles. The van der Waals surface area contributed by atoms with Gasteiger partial charge in [-0.05, 0) is 43.0 Å². The number of piperidine rings is 1. The first-order valence-electron chi connectivity index (χ1n) is 8.21. The van der Waals surface area contributed by atoms with Crippen LogP contribution < -0.4 is 10.1 Å². The lowest BCUT2D eigenvalue weighted by atomic mass is 9.81. The van der Waals surface area contributed by atoms with E-state index in [1.807, 2.05) is 18.3 Å². The van der Waals surface area contributed by atoms with Crippen LogP contribution in [0.2, 0.25) is 0 Å². The summed E-state index contributed by atoms with van der Waals surface area (Å²) in [5.74, 6) is 2.01. The van der Waals surface area contributed by atoms with Crippen LogP contribution in [0, 0.1) is 5.92 Å². The van der Waals surface area contributed by atoms with Crippen LogP contribution in [0.25, 0.3) is 0 Å². The summed E-state index contributed by atoms with van der Waals surface area (Å²) in [7, 11) is 0. The lowest BCUT2D eigenvalue weighted by Crippen LogP contribution is -2.38. The van der Waals surface area contributed by atoms with Gasteiger partial charge in [-0.15, -0.1) is 12.4 Å². The maximum Gasteiger partial charge on any atom is 0.140 e. The predicted molar refractivity (Wildman–Crippen MR) is 96.5 cm³/mol. The van der Waals surface area contributed by atoms with Crippen LogP contribution in [0.3, 0.4) is 0 Å². The van der Waals surface area contributed by atoms with E-state index >= 15 is 0 Å². The molecule has 1 aromatic heterocycles. The van der Waals surface area contributed by atoms with Gasteiger partial charge in [0.2, 0.25) is 0 Å². The van der Waals surface area contributed by atoms with E-state index in [1.165, 1.54) is 12.0 Å². The molecule has 1 saturated heterocycles. The molecule has 0 bridgehead atoms. The van der Waals surface area contributed by atoms with Crippen LogP contribution in [0.1, 0.15) is 30.5 Å². The van der Waals surface area contributed by atoms with Gasteiger partial charge >= 0.3 is 0 Å². The van der Waals surface area contributed by atoms with Crippen molar-refractivity contribution < 1.29 is 4.74 Å². The minimum atomic E-state index is 0. The Labute approximate surface area is 144 Å². The molecule has 0 saturated carbocycles. The first kappa shape index (κ1) is 17.8. The Kier molecular flexibility index (Phi) is 6.87. The summed E-state index contributed by atoms with van der Waals surface area (Å²) >= 11 is 0. The molecule has 2 atom stereocenters. The third-order valence-corrected chi connectivity index (χ3v) is 4.47. The van der Waals surface area contributed by atoms with Crippen LogP contribution in [-0.4, -0.2) is 24.7 Å². The highest BCUT2D eigenvalue weighted by Crippen LogP contribution is 2.31. The van der Waals surface area contributed by atoms with Crippen molar-refractivity contribution in [3.8, 4) is 5.75 Å². The molecule has 0 aliphatic carbocycles. The van der Waals surface area contributed by atoms with E-state index in [-0.39, 0.29) is 12.4 Å². The second-order valence-corrected chi connectivity index (χ2v) is 5.88. The molecule has 0 unspecified atom stereocenters. The molecule has 1 aliphatic rings. The molecular formula is C19H25ClN2O. The molecule has 23 heavy (non-hydrogen) atoms. The second-order valence-electron chi connectivity index (χ2n) is 5.88. The van der Waals surface area contributed by atoms with Gasteiger partial charge in [-0.2, -0.15) is 0 Å².